The molecule has 0 aromatic carbocycles. The van der Waals surface area contributed by atoms with Gasteiger partial charge in [-0.25, -0.2) is 0 Å². The van der Waals surface area contributed by atoms with E-state index in [4.69, 9.17) is 5.41 Å². The fourth-order valence-electron chi connectivity index (χ4n) is 0.903. The first kappa shape index (κ1) is 21.8. The predicted octanol–water partition coefficient (Wildman–Crippen LogP) is 5.58. The van der Waals surface area contributed by atoms with Crippen molar-refractivity contribution in [3.05, 3.63) is 36.1 Å². The SMILES string of the molecule is C/C=C\N=C1C=C(C)C=CC1=N.CC.CC.CC. The molecule has 0 heterocycles. The van der Waals surface area contributed by atoms with Gasteiger partial charge in [-0.15, -0.1) is 0 Å². The highest BCUT2D eigenvalue weighted by atomic mass is 14.7. The van der Waals surface area contributed by atoms with Gasteiger partial charge in [0, 0.05) is 6.20 Å². The molecule has 104 valence electrons. The Balaban J connectivity index is -0.000000328. The quantitative estimate of drug-likeness (QED) is 0.590. The summed E-state index contributed by atoms with van der Waals surface area (Å²) in [5, 5.41) is 7.52. The van der Waals surface area contributed by atoms with E-state index < -0.39 is 0 Å². The monoisotopic (exact) mass is 250 g/mol. The molecule has 1 N–H and O–H groups in total. The van der Waals surface area contributed by atoms with E-state index in [1.54, 1.807) is 12.3 Å². The number of rotatable bonds is 1. The molecular weight excluding hydrogens is 220 g/mol. The molecule has 0 bridgehead atoms. The van der Waals surface area contributed by atoms with Gasteiger partial charge in [0.2, 0.25) is 0 Å². The van der Waals surface area contributed by atoms with Crippen LogP contribution in [-0.4, -0.2) is 11.4 Å². The Hall–Kier alpha value is -1.44. The van der Waals surface area contributed by atoms with Gasteiger partial charge in [-0.1, -0.05) is 53.7 Å². The maximum Gasteiger partial charge on any atom is 0.0881 e. The van der Waals surface area contributed by atoms with Crippen molar-refractivity contribution in [3.8, 4) is 0 Å². The molecule has 0 radical (unpaired) electrons. The number of nitrogens with zero attached hydrogens (tertiary/aromatic N) is 1. The van der Waals surface area contributed by atoms with E-state index in [-0.39, 0.29) is 0 Å². The van der Waals surface area contributed by atoms with E-state index in [1.165, 1.54) is 0 Å². The molecule has 0 atom stereocenters. The fourth-order valence-corrected chi connectivity index (χ4v) is 0.903. The first-order valence-corrected chi connectivity index (χ1v) is 6.88. The summed E-state index contributed by atoms with van der Waals surface area (Å²) in [6.07, 6.45) is 9.13. The zero-order chi connectivity index (χ0) is 15.0. The minimum atomic E-state index is 0.471. The number of hydrogen-bond donors (Lipinski definition) is 1. The topological polar surface area (TPSA) is 36.2 Å². The number of nitrogens with one attached hydrogen (secondary N) is 1. The molecule has 1 aliphatic carbocycles. The Bertz CT molecular complexity index is 305. The third-order valence-corrected chi connectivity index (χ3v) is 1.52. The minimum absolute atomic E-state index is 0.471. The Morgan fingerprint density at radius 1 is 1.00 bits per heavy atom. The maximum absolute atomic E-state index is 7.52. The normalized spacial score (nSPS) is 14.8. The minimum Gasteiger partial charge on any atom is -0.299 e. The second-order valence-electron chi connectivity index (χ2n) is 2.63. The van der Waals surface area contributed by atoms with Gasteiger partial charge in [0.25, 0.3) is 0 Å². The summed E-state index contributed by atoms with van der Waals surface area (Å²) in [7, 11) is 0. The van der Waals surface area contributed by atoms with Gasteiger partial charge in [-0.05, 0) is 31.6 Å². The zero-order valence-electron chi connectivity index (χ0n) is 13.3. The first-order valence-electron chi connectivity index (χ1n) is 6.88. The van der Waals surface area contributed by atoms with Crippen LogP contribution in [0.2, 0.25) is 0 Å². The van der Waals surface area contributed by atoms with E-state index in [0.717, 1.165) is 11.3 Å². The Morgan fingerprint density at radius 2 is 1.50 bits per heavy atom. The zero-order valence-corrected chi connectivity index (χ0v) is 13.3. The fraction of sp³-hybridized carbons (Fsp3) is 0.500. The van der Waals surface area contributed by atoms with Crippen molar-refractivity contribution >= 4 is 11.4 Å². The largest absolute Gasteiger partial charge is 0.299 e. The predicted molar refractivity (Wildman–Crippen MR) is 86.9 cm³/mol. The van der Waals surface area contributed by atoms with Gasteiger partial charge < -0.3 is 0 Å². The average molecular weight is 250 g/mol. The van der Waals surface area contributed by atoms with Crippen LogP contribution in [0, 0.1) is 5.41 Å². The molecule has 0 saturated carbocycles. The summed E-state index contributed by atoms with van der Waals surface area (Å²) in [6.45, 7) is 15.9. The lowest BCUT2D eigenvalue weighted by atomic mass is 10.1. The Morgan fingerprint density at radius 3 is 1.94 bits per heavy atom. The van der Waals surface area contributed by atoms with Crippen LogP contribution in [0.4, 0.5) is 0 Å². The molecule has 2 heteroatoms. The van der Waals surface area contributed by atoms with Crippen LogP contribution in [0.5, 0.6) is 0 Å². The number of aliphatic imine (C=N–C) groups is 1. The molecule has 0 spiro atoms. The molecule has 1 aliphatic rings. The van der Waals surface area contributed by atoms with Crippen LogP contribution in [0.15, 0.2) is 41.1 Å². The smallest absolute Gasteiger partial charge is 0.0881 e. The van der Waals surface area contributed by atoms with Crippen LogP contribution >= 0.6 is 0 Å². The lowest BCUT2D eigenvalue weighted by Gasteiger charge is -2.04. The van der Waals surface area contributed by atoms with Crippen molar-refractivity contribution in [1.29, 1.82) is 5.41 Å². The van der Waals surface area contributed by atoms with Gasteiger partial charge in [-0.2, -0.15) is 0 Å². The second-order valence-corrected chi connectivity index (χ2v) is 2.63. The van der Waals surface area contributed by atoms with Crippen molar-refractivity contribution in [3.63, 3.8) is 0 Å². The highest BCUT2D eigenvalue weighted by Gasteiger charge is 2.04. The van der Waals surface area contributed by atoms with E-state index in [9.17, 15) is 0 Å². The van der Waals surface area contributed by atoms with Crippen molar-refractivity contribution < 1.29 is 0 Å². The van der Waals surface area contributed by atoms with Crippen LogP contribution in [-0.2, 0) is 0 Å². The van der Waals surface area contributed by atoms with Crippen LogP contribution < -0.4 is 0 Å². The van der Waals surface area contributed by atoms with Crippen LogP contribution in [0.1, 0.15) is 55.4 Å². The van der Waals surface area contributed by atoms with E-state index in [1.807, 2.05) is 73.6 Å². The third-order valence-electron chi connectivity index (χ3n) is 1.52. The molecule has 0 saturated heterocycles. The molecule has 18 heavy (non-hydrogen) atoms. The van der Waals surface area contributed by atoms with E-state index in [0.29, 0.717) is 5.71 Å². The molecular formula is C16H30N2. The molecule has 0 fully saturated rings. The summed E-state index contributed by atoms with van der Waals surface area (Å²) in [5.41, 5.74) is 2.33. The Kier molecular flexibility index (Phi) is 21.7. The van der Waals surface area contributed by atoms with Gasteiger partial charge in [-0.3, -0.25) is 10.4 Å². The summed E-state index contributed by atoms with van der Waals surface area (Å²) in [5.74, 6) is 0. The first-order chi connectivity index (χ1) is 8.74. The van der Waals surface area contributed by atoms with Crippen LogP contribution in [0.25, 0.3) is 0 Å². The number of allylic oxidation sites excluding steroid dienone is 5. The highest BCUT2D eigenvalue weighted by Crippen LogP contribution is 2.04. The van der Waals surface area contributed by atoms with Crippen molar-refractivity contribution in [2.45, 2.75) is 55.4 Å². The van der Waals surface area contributed by atoms with E-state index >= 15 is 0 Å². The molecule has 0 unspecified atom stereocenters. The van der Waals surface area contributed by atoms with E-state index in [2.05, 4.69) is 4.99 Å². The Labute approximate surface area is 114 Å². The number of hydrogen-bond acceptors (Lipinski definition) is 2. The van der Waals surface area contributed by atoms with Gasteiger partial charge >= 0.3 is 0 Å². The summed E-state index contributed by atoms with van der Waals surface area (Å²) in [6, 6.07) is 0. The van der Waals surface area contributed by atoms with Crippen molar-refractivity contribution in [2.24, 2.45) is 4.99 Å². The van der Waals surface area contributed by atoms with Crippen molar-refractivity contribution in [1.82, 2.24) is 0 Å². The maximum atomic E-state index is 7.52. The molecule has 2 nitrogen and oxygen atoms in total. The molecule has 1 rings (SSSR count). The lowest BCUT2D eigenvalue weighted by Crippen LogP contribution is -2.10. The third kappa shape index (κ3) is 11.1. The van der Waals surface area contributed by atoms with Crippen LogP contribution in [0.3, 0.4) is 0 Å². The molecule has 0 amide bonds. The molecule has 0 aromatic heterocycles. The lowest BCUT2D eigenvalue weighted by molar-refractivity contribution is 1.46. The highest BCUT2D eigenvalue weighted by molar-refractivity contribution is 6.50. The molecule has 0 aromatic rings. The summed E-state index contributed by atoms with van der Waals surface area (Å²) >= 11 is 0. The second kappa shape index (κ2) is 17.9. The van der Waals surface area contributed by atoms with Gasteiger partial charge in [0.05, 0.1) is 11.4 Å². The standard InChI is InChI=1S/C10H12N2.3C2H6/c1-3-6-12-10-7-8(2)4-5-9(10)11;3*1-2/h3-7,11H,1-2H3;3*1-2H3/b6-3-,11-9?,12-10?;;;. The summed E-state index contributed by atoms with van der Waals surface area (Å²) in [4.78, 5) is 4.12. The van der Waals surface area contributed by atoms with Gasteiger partial charge in [0.15, 0.2) is 0 Å². The average Bonchev–Trinajstić information content (AvgIpc) is 2.46. The summed E-state index contributed by atoms with van der Waals surface area (Å²) < 4.78 is 0. The van der Waals surface area contributed by atoms with Gasteiger partial charge in [0.1, 0.15) is 0 Å². The van der Waals surface area contributed by atoms with Crippen molar-refractivity contribution in [2.75, 3.05) is 0 Å². The molecule has 0 aliphatic heterocycles.